The van der Waals surface area contributed by atoms with Crippen molar-refractivity contribution in [1.29, 1.82) is 0 Å². The molecule has 15 heavy (non-hydrogen) atoms. The lowest BCUT2D eigenvalue weighted by Gasteiger charge is -2.17. The molecule has 4 nitrogen and oxygen atoms in total. The second kappa shape index (κ2) is 5.85. The maximum absolute atomic E-state index is 11.7. The smallest absolute Gasteiger partial charge is 0.303 e. The third-order valence-electron chi connectivity index (χ3n) is 2.65. The minimum absolute atomic E-state index is 0.341. The third-order valence-corrected chi connectivity index (χ3v) is 2.65. The molecule has 0 aromatic heterocycles. The van der Waals surface area contributed by atoms with Crippen LogP contribution in [0.2, 0.25) is 0 Å². The van der Waals surface area contributed by atoms with E-state index >= 15 is 0 Å². The van der Waals surface area contributed by atoms with E-state index in [1.807, 2.05) is 0 Å². The molecule has 0 saturated heterocycles. The Morgan fingerprint density at radius 1 is 1.27 bits per heavy atom. The van der Waals surface area contributed by atoms with Gasteiger partial charge in [0, 0.05) is 6.92 Å². The number of esters is 1. The molecule has 1 saturated carbocycles. The van der Waals surface area contributed by atoms with Crippen molar-refractivity contribution in [2.75, 3.05) is 0 Å². The first-order chi connectivity index (χ1) is 7.11. The average molecular weight is 214 g/mol. The molecule has 0 amide bonds. The summed E-state index contributed by atoms with van der Waals surface area (Å²) < 4.78 is 4.92. The van der Waals surface area contributed by atoms with Gasteiger partial charge in [-0.1, -0.05) is 19.3 Å². The summed E-state index contributed by atoms with van der Waals surface area (Å²) >= 11 is 0. The molecule has 1 N–H and O–H groups in total. The van der Waals surface area contributed by atoms with E-state index in [1.165, 1.54) is 6.92 Å². The summed E-state index contributed by atoms with van der Waals surface area (Å²) in [6.07, 6.45) is 3.10. The van der Waals surface area contributed by atoms with Crippen LogP contribution in [0.25, 0.3) is 0 Å². The van der Waals surface area contributed by atoms with Crippen LogP contribution in [-0.2, 0) is 14.3 Å². The molecular weight excluding hydrogens is 196 g/mol. The summed E-state index contributed by atoms with van der Waals surface area (Å²) in [4.78, 5) is 22.5. The maximum atomic E-state index is 11.7. The highest BCUT2D eigenvalue weighted by molar-refractivity contribution is 5.88. The van der Waals surface area contributed by atoms with Gasteiger partial charge in [0.25, 0.3) is 0 Å². The van der Waals surface area contributed by atoms with E-state index in [0.717, 1.165) is 25.7 Å². The molecule has 0 unspecified atom stereocenters. The highest BCUT2D eigenvalue weighted by Crippen LogP contribution is 2.17. The van der Waals surface area contributed by atoms with Crippen LogP contribution in [0.15, 0.2) is 0 Å². The minimum Gasteiger partial charge on any atom is -0.454 e. The lowest BCUT2D eigenvalue weighted by atomic mass is 10.0. The maximum Gasteiger partial charge on any atom is 0.303 e. The van der Waals surface area contributed by atoms with Gasteiger partial charge in [0.05, 0.1) is 0 Å². The Morgan fingerprint density at radius 3 is 2.47 bits per heavy atom. The average Bonchev–Trinajstić information content (AvgIpc) is 2.24. The fourth-order valence-electron chi connectivity index (χ4n) is 1.84. The van der Waals surface area contributed by atoms with Crippen molar-refractivity contribution in [3.8, 4) is 0 Å². The number of carbonyl (C=O) groups is 2. The van der Waals surface area contributed by atoms with Crippen molar-refractivity contribution in [2.24, 2.45) is 0 Å². The SMILES string of the molecule is CC(=O)O[C@H]1CCCCCC[C@@H](O)C1=O. The number of carbonyl (C=O) groups excluding carboxylic acids is 2. The molecule has 1 aliphatic carbocycles. The van der Waals surface area contributed by atoms with Gasteiger partial charge in [-0.25, -0.2) is 0 Å². The standard InChI is InChI=1S/C11H18O4/c1-8(12)15-10-7-5-3-2-4-6-9(13)11(10)14/h9-10,13H,2-7H2,1H3/t9-,10+/m1/s1. The number of aliphatic hydroxyl groups is 1. The van der Waals surface area contributed by atoms with E-state index < -0.39 is 18.2 Å². The van der Waals surface area contributed by atoms with E-state index in [0.29, 0.717) is 12.8 Å². The van der Waals surface area contributed by atoms with Crippen molar-refractivity contribution in [3.05, 3.63) is 0 Å². The second-order valence-electron chi connectivity index (χ2n) is 4.01. The molecule has 0 aliphatic heterocycles. The molecule has 2 atom stereocenters. The number of rotatable bonds is 1. The summed E-state index contributed by atoms with van der Waals surface area (Å²) in [6.45, 7) is 1.28. The molecule has 0 heterocycles. The normalized spacial score (nSPS) is 28.8. The Labute approximate surface area is 89.6 Å². The second-order valence-corrected chi connectivity index (χ2v) is 4.01. The Bertz CT molecular complexity index is 237. The predicted molar refractivity (Wildman–Crippen MR) is 54.3 cm³/mol. The van der Waals surface area contributed by atoms with E-state index in [9.17, 15) is 14.7 Å². The zero-order valence-corrected chi connectivity index (χ0v) is 9.07. The van der Waals surface area contributed by atoms with Gasteiger partial charge in [-0.2, -0.15) is 0 Å². The van der Waals surface area contributed by atoms with E-state index in [1.54, 1.807) is 0 Å². The Balaban J connectivity index is 2.61. The molecule has 0 aromatic carbocycles. The van der Waals surface area contributed by atoms with Crippen LogP contribution >= 0.6 is 0 Å². The molecule has 0 spiro atoms. The summed E-state index contributed by atoms with van der Waals surface area (Å²) in [7, 11) is 0. The van der Waals surface area contributed by atoms with Gasteiger partial charge in [0.2, 0.25) is 5.78 Å². The van der Waals surface area contributed by atoms with Gasteiger partial charge in [0.1, 0.15) is 6.10 Å². The molecule has 1 rings (SSSR count). The van der Waals surface area contributed by atoms with Crippen LogP contribution < -0.4 is 0 Å². The van der Waals surface area contributed by atoms with Crippen molar-refractivity contribution < 1.29 is 19.4 Å². The molecule has 86 valence electrons. The number of aliphatic hydroxyl groups excluding tert-OH is 1. The Kier molecular flexibility index (Phi) is 4.75. The van der Waals surface area contributed by atoms with Gasteiger partial charge < -0.3 is 9.84 Å². The monoisotopic (exact) mass is 214 g/mol. The number of ether oxygens (including phenoxy) is 1. The molecular formula is C11H18O4. The summed E-state index contributed by atoms with van der Waals surface area (Å²) in [5.41, 5.74) is 0. The summed E-state index contributed by atoms with van der Waals surface area (Å²) in [5.74, 6) is -0.799. The van der Waals surface area contributed by atoms with Gasteiger partial charge in [-0.05, 0) is 19.3 Å². The lowest BCUT2D eigenvalue weighted by Crippen LogP contribution is -2.35. The van der Waals surface area contributed by atoms with Gasteiger partial charge in [-0.3, -0.25) is 9.59 Å². The summed E-state index contributed by atoms with van der Waals surface area (Å²) in [5, 5.41) is 9.55. The summed E-state index contributed by atoms with van der Waals surface area (Å²) in [6, 6.07) is 0. The molecule has 0 aromatic rings. The van der Waals surface area contributed by atoms with Crippen LogP contribution in [0.5, 0.6) is 0 Å². The quantitative estimate of drug-likeness (QED) is 0.666. The van der Waals surface area contributed by atoms with Gasteiger partial charge in [0.15, 0.2) is 6.10 Å². The van der Waals surface area contributed by atoms with Crippen LogP contribution in [-0.4, -0.2) is 29.1 Å². The molecule has 1 fully saturated rings. The zero-order chi connectivity index (χ0) is 11.3. The van der Waals surface area contributed by atoms with Crippen molar-refractivity contribution in [2.45, 2.75) is 57.7 Å². The Morgan fingerprint density at radius 2 is 1.87 bits per heavy atom. The van der Waals surface area contributed by atoms with E-state index in [-0.39, 0.29) is 5.78 Å². The molecule has 0 radical (unpaired) electrons. The molecule has 0 bridgehead atoms. The number of Topliss-reactive ketones (excluding diaryl/α,β-unsaturated/α-hetero) is 1. The first-order valence-corrected chi connectivity index (χ1v) is 5.50. The Hall–Kier alpha value is -0.900. The minimum atomic E-state index is -0.965. The topological polar surface area (TPSA) is 63.6 Å². The lowest BCUT2D eigenvalue weighted by molar-refractivity contribution is -0.156. The fourth-order valence-corrected chi connectivity index (χ4v) is 1.84. The van der Waals surface area contributed by atoms with Crippen LogP contribution in [0, 0.1) is 0 Å². The number of hydrogen-bond acceptors (Lipinski definition) is 4. The van der Waals surface area contributed by atoms with Gasteiger partial charge >= 0.3 is 5.97 Å². The third kappa shape index (κ3) is 4.00. The van der Waals surface area contributed by atoms with E-state index in [2.05, 4.69) is 0 Å². The zero-order valence-electron chi connectivity index (χ0n) is 9.07. The molecule has 1 aliphatic rings. The largest absolute Gasteiger partial charge is 0.454 e. The van der Waals surface area contributed by atoms with Crippen LogP contribution in [0.3, 0.4) is 0 Å². The first-order valence-electron chi connectivity index (χ1n) is 5.50. The van der Waals surface area contributed by atoms with Crippen molar-refractivity contribution in [1.82, 2.24) is 0 Å². The van der Waals surface area contributed by atoms with Crippen molar-refractivity contribution >= 4 is 11.8 Å². The van der Waals surface area contributed by atoms with Crippen molar-refractivity contribution in [3.63, 3.8) is 0 Å². The highest BCUT2D eigenvalue weighted by Gasteiger charge is 2.28. The van der Waals surface area contributed by atoms with Crippen LogP contribution in [0.4, 0.5) is 0 Å². The van der Waals surface area contributed by atoms with Gasteiger partial charge in [-0.15, -0.1) is 0 Å². The highest BCUT2D eigenvalue weighted by atomic mass is 16.5. The van der Waals surface area contributed by atoms with E-state index in [4.69, 9.17) is 4.74 Å². The number of hydrogen-bond donors (Lipinski definition) is 1. The first kappa shape index (κ1) is 12.2. The molecule has 4 heteroatoms. The fraction of sp³-hybridized carbons (Fsp3) is 0.818. The predicted octanol–water partition coefficient (Wildman–Crippen LogP) is 1.20. The number of ketones is 1. The van der Waals surface area contributed by atoms with Crippen LogP contribution in [0.1, 0.15) is 45.4 Å².